The molecule has 0 saturated heterocycles. The predicted octanol–water partition coefficient (Wildman–Crippen LogP) is 4.34. The molecule has 28 heavy (non-hydrogen) atoms. The average Bonchev–Trinajstić information content (AvgIpc) is 2.60. The summed E-state index contributed by atoms with van der Waals surface area (Å²) < 4.78 is 38.4. The third-order valence-corrected chi connectivity index (χ3v) is 4.37. The number of hydrogen-bond acceptors (Lipinski definition) is 5. The number of anilines is 1. The van der Waals surface area contributed by atoms with E-state index < -0.39 is 34.2 Å². The molecule has 0 aliphatic carbocycles. The van der Waals surface area contributed by atoms with E-state index in [1.165, 1.54) is 12.1 Å². The predicted molar refractivity (Wildman–Crippen MR) is 94.1 cm³/mol. The highest BCUT2D eigenvalue weighted by molar-refractivity contribution is 7.99. The smallest absolute Gasteiger partial charge is 0.416 e. The maximum atomic E-state index is 12.8. The molecule has 0 aliphatic rings. The molecular formula is C17H11F3N2O5S. The normalized spacial score (nSPS) is 11.4. The van der Waals surface area contributed by atoms with Crippen LogP contribution in [0.2, 0.25) is 0 Å². The number of rotatable bonds is 6. The summed E-state index contributed by atoms with van der Waals surface area (Å²) in [5.41, 5.74) is -1.67. The molecular weight excluding hydrogens is 401 g/mol. The summed E-state index contributed by atoms with van der Waals surface area (Å²) in [7, 11) is 0. The number of carbonyl (C=O) groups is 2. The van der Waals surface area contributed by atoms with Gasteiger partial charge in [0.25, 0.3) is 5.69 Å². The zero-order chi connectivity index (χ0) is 20.9. The van der Waals surface area contributed by atoms with Crippen LogP contribution in [-0.2, 0) is 15.8 Å². The second-order valence-corrected chi connectivity index (χ2v) is 6.28. The van der Waals surface area contributed by atoms with Crippen LogP contribution in [0.25, 0.3) is 0 Å². The van der Waals surface area contributed by atoms with E-state index in [9.17, 15) is 32.9 Å². The van der Waals surface area contributed by atoms with Gasteiger partial charge in [0.1, 0.15) is 0 Å². The van der Waals surface area contributed by atoms with Gasteiger partial charge in [-0.2, -0.15) is 13.2 Å². The van der Waals surface area contributed by atoms with E-state index in [0.717, 1.165) is 30.0 Å². The summed E-state index contributed by atoms with van der Waals surface area (Å²) in [6.07, 6.45) is -3.31. The molecule has 0 bridgehead atoms. The highest BCUT2D eigenvalue weighted by atomic mass is 32.2. The first-order valence-electron chi connectivity index (χ1n) is 7.42. The number of alkyl halides is 3. The van der Waals surface area contributed by atoms with Crippen LogP contribution in [0.15, 0.2) is 64.4 Å². The van der Waals surface area contributed by atoms with Crippen molar-refractivity contribution in [3.8, 4) is 0 Å². The van der Waals surface area contributed by atoms with Crippen molar-refractivity contribution in [2.45, 2.75) is 16.0 Å². The van der Waals surface area contributed by atoms with Gasteiger partial charge in [0, 0.05) is 23.1 Å². The largest absolute Gasteiger partial charge is 0.478 e. The molecule has 0 aliphatic heterocycles. The standard InChI is InChI=1S/C17H11F3N2O5S/c18-17(19,20)10-5-6-14(12(9-10)22(26)27)28-13-4-2-1-3-11(13)21-15(23)7-8-16(24)25/h1-9H,(H,21,23)(H,24,25)/b8-7+. The van der Waals surface area contributed by atoms with Crippen LogP contribution in [0.3, 0.4) is 0 Å². The number of halogens is 3. The van der Waals surface area contributed by atoms with Crippen LogP contribution < -0.4 is 5.32 Å². The van der Waals surface area contributed by atoms with Crippen LogP contribution in [0.5, 0.6) is 0 Å². The zero-order valence-corrected chi connectivity index (χ0v) is 14.6. The number of nitrogens with zero attached hydrogens (tertiary/aromatic N) is 1. The lowest BCUT2D eigenvalue weighted by molar-refractivity contribution is -0.388. The first-order chi connectivity index (χ1) is 13.1. The van der Waals surface area contributed by atoms with Crippen molar-refractivity contribution in [3.05, 3.63) is 70.3 Å². The second-order valence-electron chi connectivity index (χ2n) is 5.20. The van der Waals surface area contributed by atoms with E-state index in [4.69, 9.17) is 5.11 Å². The van der Waals surface area contributed by atoms with E-state index in [0.29, 0.717) is 17.0 Å². The first kappa shape index (κ1) is 21.0. The molecule has 146 valence electrons. The summed E-state index contributed by atoms with van der Waals surface area (Å²) in [6, 6.07) is 8.25. The Labute approximate surface area is 160 Å². The Morgan fingerprint density at radius 2 is 1.79 bits per heavy atom. The summed E-state index contributed by atoms with van der Waals surface area (Å²) in [6.45, 7) is 0. The van der Waals surface area contributed by atoms with Gasteiger partial charge in [0.05, 0.1) is 21.1 Å². The minimum atomic E-state index is -4.73. The summed E-state index contributed by atoms with van der Waals surface area (Å²) in [5.74, 6) is -2.07. The lowest BCUT2D eigenvalue weighted by Gasteiger charge is -2.11. The van der Waals surface area contributed by atoms with Crippen LogP contribution in [-0.4, -0.2) is 21.9 Å². The number of hydrogen-bond donors (Lipinski definition) is 2. The maximum Gasteiger partial charge on any atom is 0.416 e. The summed E-state index contributed by atoms with van der Waals surface area (Å²) in [5, 5.41) is 22.1. The van der Waals surface area contributed by atoms with Crippen molar-refractivity contribution in [2.75, 3.05) is 5.32 Å². The fourth-order valence-corrected chi connectivity index (χ4v) is 3.01. The Hall–Kier alpha value is -3.34. The molecule has 0 atom stereocenters. The van der Waals surface area contributed by atoms with E-state index in [1.807, 2.05) is 0 Å². The van der Waals surface area contributed by atoms with Crippen molar-refractivity contribution < 1.29 is 32.8 Å². The molecule has 0 spiro atoms. The van der Waals surface area contributed by atoms with Gasteiger partial charge in [0.15, 0.2) is 0 Å². The lowest BCUT2D eigenvalue weighted by atomic mass is 10.2. The van der Waals surface area contributed by atoms with Crippen molar-refractivity contribution in [3.63, 3.8) is 0 Å². The number of aliphatic carboxylic acids is 1. The quantitative estimate of drug-likeness (QED) is 0.415. The fourth-order valence-electron chi connectivity index (χ4n) is 2.02. The zero-order valence-electron chi connectivity index (χ0n) is 13.8. The number of nitrogens with one attached hydrogen (secondary N) is 1. The van der Waals surface area contributed by atoms with Crippen molar-refractivity contribution >= 4 is 35.0 Å². The van der Waals surface area contributed by atoms with Crippen molar-refractivity contribution in [2.24, 2.45) is 0 Å². The molecule has 2 N–H and O–H groups in total. The number of carboxylic acid groups (broad SMARTS) is 1. The van der Waals surface area contributed by atoms with Crippen LogP contribution in [0.4, 0.5) is 24.5 Å². The number of nitro groups is 1. The van der Waals surface area contributed by atoms with Crippen molar-refractivity contribution in [1.29, 1.82) is 0 Å². The van der Waals surface area contributed by atoms with Gasteiger partial charge in [-0.15, -0.1) is 0 Å². The molecule has 0 aromatic heterocycles. The van der Waals surface area contributed by atoms with E-state index in [2.05, 4.69) is 5.32 Å². The van der Waals surface area contributed by atoms with Gasteiger partial charge in [-0.25, -0.2) is 4.79 Å². The van der Waals surface area contributed by atoms with Gasteiger partial charge in [-0.1, -0.05) is 23.9 Å². The number of benzene rings is 2. The van der Waals surface area contributed by atoms with Crippen molar-refractivity contribution in [1.82, 2.24) is 0 Å². The molecule has 0 unspecified atom stereocenters. The van der Waals surface area contributed by atoms with E-state index in [1.54, 1.807) is 12.1 Å². The maximum absolute atomic E-state index is 12.8. The molecule has 2 aromatic rings. The molecule has 0 saturated carbocycles. The fraction of sp³-hybridized carbons (Fsp3) is 0.0588. The van der Waals surface area contributed by atoms with E-state index >= 15 is 0 Å². The number of nitro benzene ring substituents is 1. The Bertz CT molecular complexity index is 960. The highest BCUT2D eigenvalue weighted by Crippen LogP contribution is 2.41. The Balaban J connectivity index is 2.35. The number of carboxylic acids is 1. The first-order valence-corrected chi connectivity index (χ1v) is 8.24. The van der Waals surface area contributed by atoms with Crippen LogP contribution in [0, 0.1) is 10.1 Å². The minimum absolute atomic E-state index is 0.0548. The molecule has 2 rings (SSSR count). The number of para-hydroxylation sites is 1. The summed E-state index contributed by atoms with van der Waals surface area (Å²) >= 11 is 0.791. The lowest BCUT2D eigenvalue weighted by Crippen LogP contribution is -2.09. The molecule has 7 nitrogen and oxygen atoms in total. The van der Waals surface area contributed by atoms with E-state index in [-0.39, 0.29) is 10.6 Å². The van der Waals surface area contributed by atoms with Gasteiger partial charge < -0.3 is 10.4 Å². The van der Waals surface area contributed by atoms with Gasteiger partial charge in [-0.3, -0.25) is 14.9 Å². The molecule has 2 aromatic carbocycles. The molecule has 11 heteroatoms. The molecule has 0 heterocycles. The van der Waals surface area contributed by atoms with Crippen LogP contribution in [0.1, 0.15) is 5.56 Å². The third kappa shape index (κ3) is 5.58. The Morgan fingerprint density at radius 3 is 2.39 bits per heavy atom. The second kappa shape index (κ2) is 8.57. The summed E-state index contributed by atoms with van der Waals surface area (Å²) in [4.78, 5) is 32.7. The minimum Gasteiger partial charge on any atom is -0.478 e. The Kier molecular flexibility index (Phi) is 6.41. The number of amides is 1. The third-order valence-electron chi connectivity index (χ3n) is 3.23. The van der Waals surface area contributed by atoms with Crippen LogP contribution >= 0.6 is 11.8 Å². The van der Waals surface area contributed by atoms with Gasteiger partial charge in [-0.05, 0) is 24.3 Å². The monoisotopic (exact) mass is 412 g/mol. The highest BCUT2D eigenvalue weighted by Gasteiger charge is 2.33. The SMILES string of the molecule is O=C(O)/C=C/C(=O)Nc1ccccc1Sc1ccc(C(F)(F)F)cc1[N+](=O)[O-]. The molecule has 0 fully saturated rings. The van der Waals surface area contributed by atoms with Gasteiger partial charge >= 0.3 is 12.1 Å². The average molecular weight is 412 g/mol. The molecule has 1 amide bonds. The Morgan fingerprint density at radius 1 is 1.11 bits per heavy atom. The van der Waals surface area contributed by atoms with Gasteiger partial charge in [0.2, 0.25) is 5.91 Å². The topological polar surface area (TPSA) is 110 Å². The molecule has 0 radical (unpaired) electrons. The number of carbonyl (C=O) groups excluding carboxylic acids is 1.